The van der Waals surface area contributed by atoms with Crippen molar-refractivity contribution in [3.8, 4) is 0 Å². The van der Waals surface area contributed by atoms with Gasteiger partial charge in [0.05, 0.1) is 6.04 Å². The molecule has 4 heteroatoms. The van der Waals surface area contributed by atoms with Gasteiger partial charge in [-0.05, 0) is 31.4 Å². The monoisotopic (exact) mass is 222 g/mol. The second-order valence-corrected chi connectivity index (χ2v) is 5.37. The van der Waals surface area contributed by atoms with E-state index in [1.807, 2.05) is 11.8 Å². The summed E-state index contributed by atoms with van der Waals surface area (Å²) in [6.45, 7) is 0. The Morgan fingerprint density at radius 3 is 3.00 bits per heavy atom. The first kappa shape index (κ1) is 9.46. The number of aldehydes is 1. The zero-order valence-electron chi connectivity index (χ0n) is 8.61. The van der Waals surface area contributed by atoms with Crippen LogP contribution in [0.4, 0.5) is 0 Å². The smallest absolute Gasteiger partial charge is 0.170 e. The van der Waals surface area contributed by atoms with E-state index in [1.165, 1.54) is 36.3 Å². The summed E-state index contributed by atoms with van der Waals surface area (Å²) in [7, 11) is 0. The van der Waals surface area contributed by atoms with Crippen molar-refractivity contribution in [2.24, 2.45) is 0 Å². The van der Waals surface area contributed by atoms with Gasteiger partial charge in [0.15, 0.2) is 6.29 Å². The molecule has 15 heavy (non-hydrogen) atoms. The average Bonchev–Trinajstić information content (AvgIpc) is 2.55. The molecule has 3 nitrogen and oxygen atoms in total. The van der Waals surface area contributed by atoms with E-state index in [4.69, 9.17) is 0 Å². The van der Waals surface area contributed by atoms with Gasteiger partial charge in [-0.1, -0.05) is 0 Å². The van der Waals surface area contributed by atoms with Gasteiger partial charge < -0.3 is 0 Å². The molecule has 0 bridgehead atoms. The van der Waals surface area contributed by atoms with Gasteiger partial charge in [-0.3, -0.25) is 9.48 Å². The fourth-order valence-corrected chi connectivity index (χ4v) is 3.32. The summed E-state index contributed by atoms with van der Waals surface area (Å²) in [6.07, 6.45) is 5.78. The third kappa shape index (κ3) is 1.42. The minimum atomic E-state index is 0.579. The van der Waals surface area contributed by atoms with Gasteiger partial charge in [-0.2, -0.15) is 16.9 Å². The summed E-state index contributed by atoms with van der Waals surface area (Å²) >= 11 is 1.91. The van der Waals surface area contributed by atoms with E-state index in [9.17, 15) is 4.79 Å². The Balaban J connectivity index is 2.05. The van der Waals surface area contributed by atoms with Gasteiger partial charge in [0, 0.05) is 17.0 Å². The van der Waals surface area contributed by atoms with E-state index in [1.54, 1.807) is 0 Å². The lowest BCUT2D eigenvalue weighted by atomic mass is 9.93. The van der Waals surface area contributed by atoms with Crippen LogP contribution in [0, 0.1) is 0 Å². The number of rotatable bonds is 2. The normalized spacial score (nSPS) is 20.8. The number of fused-ring (bicyclic) bond motifs is 1. The highest BCUT2D eigenvalue weighted by Crippen LogP contribution is 2.36. The molecule has 0 unspecified atom stereocenters. The third-order valence-corrected chi connectivity index (χ3v) is 4.40. The van der Waals surface area contributed by atoms with Crippen LogP contribution in [0.15, 0.2) is 0 Å². The summed E-state index contributed by atoms with van der Waals surface area (Å²) in [5.74, 6) is 2.14. The standard InChI is InChI=1S/C11H14N2OS/c14-6-10-9-7-15-5-4-11(9)13(12-10)8-2-1-3-8/h6,8H,1-5,7H2. The van der Waals surface area contributed by atoms with E-state index in [0.29, 0.717) is 11.7 Å². The Morgan fingerprint density at radius 2 is 2.33 bits per heavy atom. The number of carbonyl (C=O) groups is 1. The maximum absolute atomic E-state index is 10.9. The summed E-state index contributed by atoms with van der Waals surface area (Å²) in [4.78, 5) is 10.9. The van der Waals surface area contributed by atoms with Gasteiger partial charge >= 0.3 is 0 Å². The van der Waals surface area contributed by atoms with Crippen LogP contribution < -0.4 is 0 Å². The van der Waals surface area contributed by atoms with Crippen LogP contribution in [0.2, 0.25) is 0 Å². The average molecular weight is 222 g/mol. The van der Waals surface area contributed by atoms with Crippen LogP contribution in [0.5, 0.6) is 0 Å². The Hall–Kier alpha value is -0.770. The van der Waals surface area contributed by atoms with Crippen LogP contribution in [-0.2, 0) is 12.2 Å². The lowest BCUT2D eigenvalue weighted by molar-refractivity contribution is 0.111. The number of hydrogen-bond donors (Lipinski definition) is 0. The first-order valence-corrected chi connectivity index (χ1v) is 6.69. The van der Waals surface area contributed by atoms with Crippen LogP contribution >= 0.6 is 11.8 Å². The Bertz CT molecular complexity index is 396. The molecule has 2 aliphatic rings. The van der Waals surface area contributed by atoms with Gasteiger partial charge in [0.1, 0.15) is 5.69 Å². The Kier molecular flexibility index (Phi) is 2.31. The van der Waals surface area contributed by atoms with Gasteiger partial charge in [-0.15, -0.1) is 0 Å². The molecule has 80 valence electrons. The fraction of sp³-hybridized carbons (Fsp3) is 0.636. The summed E-state index contributed by atoms with van der Waals surface area (Å²) in [5, 5.41) is 4.47. The van der Waals surface area contributed by atoms with Crippen molar-refractivity contribution in [3.63, 3.8) is 0 Å². The molecule has 0 aromatic carbocycles. The predicted octanol–water partition coefficient (Wildman–Crippen LogP) is 2.21. The molecule has 1 aromatic heterocycles. The molecule has 0 N–H and O–H groups in total. The van der Waals surface area contributed by atoms with Crippen LogP contribution in [0.3, 0.4) is 0 Å². The molecule has 1 aliphatic heterocycles. The molecule has 1 fully saturated rings. The number of nitrogens with zero attached hydrogens (tertiary/aromatic N) is 2. The molecule has 3 rings (SSSR count). The highest BCUT2D eigenvalue weighted by molar-refractivity contribution is 7.98. The third-order valence-electron chi connectivity index (χ3n) is 3.41. The summed E-state index contributed by atoms with van der Waals surface area (Å²) in [5.41, 5.74) is 3.22. The summed E-state index contributed by atoms with van der Waals surface area (Å²) in [6, 6.07) is 0.579. The Labute approximate surface area is 93.2 Å². The van der Waals surface area contributed by atoms with Crippen molar-refractivity contribution in [2.75, 3.05) is 5.75 Å². The largest absolute Gasteiger partial charge is 0.296 e. The SMILES string of the molecule is O=Cc1nn(C2CCC2)c2c1CSCC2. The number of carbonyl (C=O) groups excluding carboxylic acids is 1. The lowest BCUT2D eigenvalue weighted by Crippen LogP contribution is -2.21. The minimum Gasteiger partial charge on any atom is -0.296 e. The van der Waals surface area contributed by atoms with Crippen molar-refractivity contribution in [1.29, 1.82) is 0 Å². The second kappa shape index (κ2) is 3.67. The molecule has 0 saturated heterocycles. The maximum atomic E-state index is 10.9. The highest BCUT2D eigenvalue weighted by Gasteiger charge is 2.27. The molecule has 1 saturated carbocycles. The van der Waals surface area contributed by atoms with Gasteiger partial charge in [-0.25, -0.2) is 0 Å². The molecule has 0 spiro atoms. The zero-order chi connectivity index (χ0) is 10.3. The first-order chi connectivity index (χ1) is 7.40. The first-order valence-electron chi connectivity index (χ1n) is 5.53. The van der Waals surface area contributed by atoms with Crippen molar-refractivity contribution in [1.82, 2.24) is 9.78 Å². The molecule has 0 radical (unpaired) electrons. The number of hydrogen-bond acceptors (Lipinski definition) is 3. The zero-order valence-corrected chi connectivity index (χ0v) is 9.42. The Morgan fingerprint density at radius 1 is 1.47 bits per heavy atom. The number of aromatic nitrogens is 2. The number of thioether (sulfide) groups is 1. The van der Waals surface area contributed by atoms with Crippen LogP contribution in [0.1, 0.15) is 47.1 Å². The molecule has 1 aliphatic carbocycles. The maximum Gasteiger partial charge on any atom is 0.170 e. The quantitative estimate of drug-likeness (QED) is 0.720. The van der Waals surface area contributed by atoms with Gasteiger partial charge in [0.25, 0.3) is 0 Å². The van der Waals surface area contributed by atoms with Crippen molar-refractivity contribution in [3.05, 3.63) is 17.0 Å². The highest BCUT2D eigenvalue weighted by atomic mass is 32.2. The van der Waals surface area contributed by atoms with E-state index >= 15 is 0 Å². The summed E-state index contributed by atoms with van der Waals surface area (Å²) < 4.78 is 2.14. The van der Waals surface area contributed by atoms with E-state index in [0.717, 1.165) is 18.5 Å². The van der Waals surface area contributed by atoms with E-state index < -0.39 is 0 Å². The lowest BCUT2D eigenvalue weighted by Gasteiger charge is -2.28. The van der Waals surface area contributed by atoms with Crippen LogP contribution in [-0.4, -0.2) is 21.8 Å². The van der Waals surface area contributed by atoms with Crippen molar-refractivity contribution in [2.45, 2.75) is 37.5 Å². The van der Waals surface area contributed by atoms with E-state index in [-0.39, 0.29) is 0 Å². The van der Waals surface area contributed by atoms with Crippen molar-refractivity contribution >= 4 is 18.0 Å². The molecular weight excluding hydrogens is 208 g/mol. The fourth-order valence-electron chi connectivity index (χ4n) is 2.32. The van der Waals surface area contributed by atoms with Crippen LogP contribution in [0.25, 0.3) is 0 Å². The van der Waals surface area contributed by atoms with Crippen molar-refractivity contribution < 1.29 is 4.79 Å². The van der Waals surface area contributed by atoms with E-state index in [2.05, 4.69) is 9.78 Å². The van der Waals surface area contributed by atoms with Gasteiger partial charge in [0.2, 0.25) is 0 Å². The minimum absolute atomic E-state index is 0.579. The molecular formula is C11H14N2OS. The molecule has 1 aromatic rings. The molecule has 0 amide bonds. The molecule has 0 atom stereocenters. The second-order valence-electron chi connectivity index (χ2n) is 4.26. The predicted molar refractivity (Wildman–Crippen MR) is 60.4 cm³/mol. The molecule has 2 heterocycles. The topological polar surface area (TPSA) is 34.9 Å².